The number of carboxylic acids is 1. The van der Waals surface area contributed by atoms with Crippen molar-refractivity contribution in [1.82, 2.24) is 0 Å². The van der Waals surface area contributed by atoms with E-state index in [9.17, 15) is 19.5 Å². The van der Waals surface area contributed by atoms with E-state index in [0.29, 0.717) is 11.1 Å². The molecule has 0 aliphatic heterocycles. The van der Waals surface area contributed by atoms with E-state index in [4.69, 9.17) is 0 Å². The van der Waals surface area contributed by atoms with Crippen molar-refractivity contribution in [1.29, 1.82) is 0 Å². The molecule has 0 bridgehead atoms. The van der Waals surface area contributed by atoms with Crippen molar-refractivity contribution in [2.24, 2.45) is 5.92 Å². The number of carbonyl (C=O) groups excluding carboxylic acids is 2. The summed E-state index contributed by atoms with van der Waals surface area (Å²) < 4.78 is 0. The van der Waals surface area contributed by atoms with Crippen LogP contribution in [0.25, 0.3) is 22.3 Å². The number of Topliss-reactive ketones (excluding diaryl/α,β-unsaturated/α-hetero) is 2. The van der Waals surface area contributed by atoms with Gasteiger partial charge in [-0.2, -0.15) is 0 Å². The van der Waals surface area contributed by atoms with Crippen molar-refractivity contribution < 1.29 is 19.5 Å². The van der Waals surface area contributed by atoms with Crippen molar-refractivity contribution in [3.8, 4) is 22.3 Å². The van der Waals surface area contributed by atoms with E-state index in [0.717, 1.165) is 47.9 Å². The van der Waals surface area contributed by atoms with E-state index in [-0.39, 0.29) is 24.4 Å². The summed E-state index contributed by atoms with van der Waals surface area (Å²) in [6.07, 6.45) is 3.12. The molecule has 0 spiro atoms. The zero-order chi connectivity index (χ0) is 26.2. The number of carboxylic acid groups (broad SMARTS) is 1. The molecule has 4 aromatic rings. The van der Waals surface area contributed by atoms with Gasteiger partial charge in [0, 0.05) is 24.0 Å². The number of hydrogen-bond donors (Lipinski definition) is 1. The van der Waals surface area contributed by atoms with E-state index < -0.39 is 11.9 Å². The minimum Gasteiger partial charge on any atom is -0.481 e. The van der Waals surface area contributed by atoms with Gasteiger partial charge in [0.1, 0.15) is 0 Å². The molecule has 0 saturated carbocycles. The van der Waals surface area contributed by atoms with Crippen LogP contribution >= 0.6 is 0 Å². The molecular formula is C34H28O4. The van der Waals surface area contributed by atoms with Gasteiger partial charge in [-0.3, -0.25) is 14.4 Å². The lowest BCUT2D eigenvalue weighted by Gasteiger charge is -2.21. The number of fused-ring (bicyclic) bond motifs is 6. The third-order valence-electron chi connectivity index (χ3n) is 8.01. The Balaban J connectivity index is 1.18. The first-order chi connectivity index (χ1) is 18.5. The van der Waals surface area contributed by atoms with Gasteiger partial charge in [-0.25, -0.2) is 0 Å². The fourth-order valence-corrected chi connectivity index (χ4v) is 5.94. The molecule has 38 heavy (non-hydrogen) atoms. The molecule has 0 amide bonds. The van der Waals surface area contributed by atoms with Gasteiger partial charge in [-0.1, -0.05) is 72.8 Å². The van der Waals surface area contributed by atoms with Crippen LogP contribution in [0.2, 0.25) is 0 Å². The first-order valence-electron chi connectivity index (χ1n) is 13.2. The van der Waals surface area contributed by atoms with Crippen molar-refractivity contribution in [2.75, 3.05) is 0 Å². The van der Waals surface area contributed by atoms with Crippen molar-refractivity contribution in [3.63, 3.8) is 0 Å². The summed E-state index contributed by atoms with van der Waals surface area (Å²) in [5.41, 5.74) is 10.5. The standard InChI is InChI=1S/C34H28O4/c35-32(25-13-15-30-23(17-25)11-9-21-5-1-3-7-28(21)30)19-27(34(37)38)20-33(36)26-14-16-31-24(18-26)12-10-22-6-2-4-8-29(22)31/h1-8,13-18,27H,9-12,19-20H2,(H,37,38). The molecule has 2 aliphatic rings. The molecule has 188 valence electrons. The largest absolute Gasteiger partial charge is 0.481 e. The lowest BCUT2D eigenvalue weighted by atomic mass is 9.83. The van der Waals surface area contributed by atoms with Gasteiger partial charge in [0.25, 0.3) is 0 Å². The summed E-state index contributed by atoms with van der Waals surface area (Å²) in [7, 11) is 0. The number of ketones is 2. The van der Waals surface area contributed by atoms with Crippen LogP contribution in [-0.2, 0) is 30.5 Å². The number of aliphatic carboxylic acids is 1. The zero-order valence-electron chi connectivity index (χ0n) is 21.1. The first kappa shape index (κ1) is 24.1. The molecule has 0 aromatic heterocycles. The third-order valence-corrected chi connectivity index (χ3v) is 8.01. The molecule has 0 saturated heterocycles. The summed E-state index contributed by atoms with van der Waals surface area (Å²) >= 11 is 0. The Morgan fingerprint density at radius 2 is 0.947 bits per heavy atom. The number of hydrogen-bond acceptors (Lipinski definition) is 3. The van der Waals surface area contributed by atoms with Gasteiger partial charge in [-0.15, -0.1) is 0 Å². The van der Waals surface area contributed by atoms with E-state index in [1.54, 1.807) is 12.1 Å². The van der Waals surface area contributed by atoms with Crippen LogP contribution in [-0.4, -0.2) is 22.6 Å². The van der Waals surface area contributed by atoms with Gasteiger partial charge in [0.2, 0.25) is 0 Å². The Labute approximate surface area is 222 Å². The van der Waals surface area contributed by atoms with Crippen molar-refractivity contribution in [3.05, 3.63) is 118 Å². The van der Waals surface area contributed by atoms with Gasteiger partial charge >= 0.3 is 5.97 Å². The second kappa shape index (κ2) is 9.86. The van der Waals surface area contributed by atoms with Gasteiger partial charge in [0.05, 0.1) is 5.92 Å². The number of benzene rings is 4. The van der Waals surface area contributed by atoms with Gasteiger partial charge in [-0.05, 0) is 82.3 Å². The maximum Gasteiger partial charge on any atom is 0.307 e. The van der Waals surface area contributed by atoms with Crippen LogP contribution in [0.1, 0.15) is 55.8 Å². The SMILES string of the molecule is O=C(CC(CC(=O)c1ccc2c(c1)CCc1ccccc1-2)C(=O)O)c1ccc2c(c1)CCc1ccccc1-2. The Kier molecular flexibility index (Phi) is 6.24. The summed E-state index contributed by atoms with van der Waals surface area (Å²) in [4.78, 5) is 38.4. The Morgan fingerprint density at radius 3 is 1.39 bits per heavy atom. The van der Waals surface area contributed by atoms with Gasteiger partial charge < -0.3 is 5.11 Å². The number of aryl methyl sites for hydroxylation is 4. The molecule has 4 nitrogen and oxygen atoms in total. The second-order valence-corrected chi connectivity index (χ2v) is 10.3. The highest BCUT2D eigenvalue weighted by molar-refractivity contribution is 6.02. The van der Waals surface area contributed by atoms with Crippen molar-refractivity contribution in [2.45, 2.75) is 38.5 Å². The minimum absolute atomic E-state index is 0.200. The Morgan fingerprint density at radius 1 is 0.553 bits per heavy atom. The van der Waals surface area contributed by atoms with E-state index >= 15 is 0 Å². The monoisotopic (exact) mass is 500 g/mol. The zero-order valence-corrected chi connectivity index (χ0v) is 21.1. The van der Waals surface area contributed by atoms with Crippen LogP contribution in [0.5, 0.6) is 0 Å². The molecule has 0 fully saturated rings. The fourth-order valence-electron chi connectivity index (χ4n) is 5.94. The van der Waals surface area contributed by atoms with Crippen molar-refractivity contribution >= 4 is 17.5 Å². The molecule has 0 atom stereocenters. The molecule has 0 unspecified atom stereocenters. The average molecular weight is 501 g/mol. The molecule has 2 aliphatic carbocycles. The maximum atomic E-state index is 13.1. The topological polar surface area (TPSA) is 71.4 Å². The molecule has 4 heteroatoms. The normalized spacial score (nSPS) is 13.2. The Bertz CT molecular complexity index is 1480. The number of carbonyl (C=O) groups is 3. The predicted molar refractivity (Wildman–Crippen MR) is 148 cm³/mol. The highest BCUT2D eigenvalue weighted by Crippen LogP contribution is 2.35. The molecule has 0 heterocycles. The lowest BCUT2D eigenvalue weighted by Crippen LogP contribution is -2.22. The molecule has 1 N–H and O–H groups in total. The smallest absolute Gasteiger partial charge is 0.307 e. The van der Waals surface area contributed by atoms with Gasteiger partial charge in [0.15, 0.2) is 11.6 Å². The summed E-state index contributed by atoms with van der Waals surface area (Å²) in [5.74, 6) is -2.67. The molecular weight excluding hydrogens is 472 g/mol. The quantitative estimate of drug-likeness (QED) is 0.285. The number of rotatable bonds is 7. The lowest BCUT2D eigenvalue weighted by molar-refractivity contribution is -0.141. The van der Waals surface area contributed by atoms with E-state index in [1.807, 2.05) is 48.5 Å². The van der Waals surface area contributed by atoms with Crippen LogP contribution < -0.4 is 0 Å². The summed E-state index contributed by atoms with van der Waals surface area (Å²) in [6, 6.07) is 27.9. The average Bonchev–Trinajstić information content (AvgIpc) is 2.95. The first-order valence-corrected chi connectivity index (χ1v) is 13.2. The predicted octanol–water partition coefficient (Wildman–Crippen LogP) is 6.76. The minimum atomic E-state index is -1.12. The highest BCUT2D eigenvalue weighted by atomic mass is 16.4. The van der Waals surface area contributed by atoms with Crippen LogP contribution in [0.4, 0.5) is 0 Å². The second-order valence-electron chi connectivity index (χ2n) is 10.3. The summed E-state index contributed by atoms with van der Waals surface area (Å²) in [6.45, 7) is 0. The summed E-state index contributed by atoms with van der Waals surface area (Å²) in [5, 5.41) is 9.86. The third kappa shape index (κ3) is 4.47. The van der Waals surface area contributed by atoms with E-state index in [1.165, 1.54) is 22.3 Å². The molecule has 4 aromatic carbocycles. The fraction of sp³-hybridized carbons (Fsp3) is 0.206. The van der Waals surface area contributed by atoms with Crippen LogP contribution in [0, 0.1) is 5.92 Å². The molecule has 6 rings (SSSR count). The van der Waals surface area contributed by atoms with Crippen LogP contribution in [0.15, 0.2) is 84.9 Å². The highest BCUT2D eigenvalue weighted by Gasteiger charge is 2.27. The van der Waals surface area contributed by atoms with Crippen LogP contribution in [0.3, 0.4) is 0 Å². The van der Waals surface area contributed by atoms with E-state index in [2.05, 4.69) is 24.3 Å². The Hall–Kier alpha value is -4.31. The maximum absolute atomic E-state index is 13.1. The molecule has 0 radical (unpaired) electrons.